The smallest absolute Gasteiger partial charge is 0.242 e. The van der Waals surface area contributed by atoms with E-state index < -0.39 is 10.0 Å². The van der Waals surface area contributed by atoms with Crippen LogP contribution in [0.5, 0.6) is 0 Å². The summed E-state index contributed by atoms with van der Waals surface area (Å²) < 4.78 is 26.3. The lowest BCUT2D eigenvalue weighted by Gasteiger charge is -2.07. The van der Waals surface area contributed by atoms with Gasteiger partial charge in [-0.3, -0.25) is 0 Å². The van der Waals surface area contributed by atoms with Crippen LogP contribution in [-0.2, 0) is 10.0 Å². The summed E-state index contributed by atoms with van der Waals surface area (Å²) >= 11 is 14.3. The lowest BCUT2D eigenvalue weighted by molar-refractivity contribution is 0.585. The van der Waals surface area contributed by atoms with E-state index in [1.807, 2.05) is 0 Å². The van der Waals surface area contributed by atoms with E-state index in [0.29, 0.717) is 4.47 Å². The largest absolute Gasteiger partial charge is 0.244 e. The Morgan fingerprint density at radius 1 is 1.62 bits per heavy atom. The highest BCUT2D eigenvalue weighted by molar-refractivity contribution is 9.10. The van der Waals surface area contributed by atoms with Gasteiger partial charge in [0, 0.05) is 22.2 Å². The van der Waals surface area contributed by atoms with Crippen LogP contribution in [0.1, 0.15) is 0 Å². The van der Waals surface area contributed by atoms with Gasteiger partial charge in [0.15, 0.2) is 0 Å². The van der Waals surface area contributed by atoms with Crippen molar-refractivity contribution < 1.29 is 8.42 Å². The number of hydrogen-bond donors (Lipinski definition) is 1. The molecule has 1 rings (SSSR count). The fourth-order valence-corrected chi connectivity index (χ4v) is 2.96. The Hall–Kier alpha value is -0.140. The number of halogens is 3. The van der Waals surface area contributed by atoms with Crippen LogP contribution < -0.4 is 4.72 Å². The predicted molar refractivity (Wildman–Crippen MR) is 67.1 cm³/mol. The Kier molecular flexibility index (Phi) is 4.75. The third-order valence-electron chi connectivity index (χ3n) is 1.52. The normalized spacial score (nSPS) is 11.4. The molecule has 0 bridgehead atoms. The number of nitrogens with zero attached hydrogens (tertiary/aromatic N) is 1. The van der Waals surface area contributed by atoms with Crippen molar-refractivity contribution >= 4 is 49.2 Å². The zero-order valence-corrected chi connectivity index (χ0v) is 11.8. The first-order chi connectivity index (χ1) is 7.33. The van der Waals surface area contributed by atoms with Crippen molar-refractivity contribution in [3.63, 3.8) is 0 Å². The molecule has 88 valence electrons. The predicted octanol–water partition coefficient (Wildman–Crippen LogP) is 2.53. The average molecular weight is 346 g/mol. The van der Waals surface area contributed by atoms with Crippen molar-refractivity contribution in [1.29, 1.82) is 0 Å². The van der Waals surface area contributed by atoms with Crippen LogP contribution >= 0.6 is 39.1 Å². The number of rotatable bonds is 4. The summed E-state index contributed by atoms with van der Waals surface area (Å²) in [6, 6.07) is 1.36. The van der Waals surface area contributed by atoms with Crippen LogP contribution in [0.3, 0.4) is 0 Å². The van der Waals surface area contributed by atoms with Gasteiger partial charge in [-0.2, -0.15) is 0 Å². The second-order valence-corrected chi connectivity index (χ2v) is 6.33. The molecule has 1 aromatic rings. The highest BCUT2D eigenvalue weighted by Crippen LogP contribution is 2.22. The molecule has 0 aliphatic rings. The third-order valence-corrected chi connectivity index (χ3v) is 3.91. The number of aromatic nitrogens is 1. The Bertz CT molecular complexity index is 519. The van der Waals surface area contributed by atoms with Crippen molar-refractivity contribution in [3.05, 3.63) is 33.5 Å². The van der Waals surface area contributed by atoms with E-state index in [4.69, 9.17) is 23.2 Å². The SMILES string of the molecule is C=C(Cl)CNS(=O)(=O)c1cc(Br)cnc1Cl. The van der Waals surface area contributed by atoms with Crippen molar-refractivity contribution in [2.75, 3.05) is 6.54 Å². The first-order valence-electron chi connectivity index (χ1n) is 3.97. The maximum absolute atomic E-state index is 11.8. The van der Waals surface area contributed by atoms with E-state index in [-0.39, 0.29) is 21.6 Å². The topological polar surface area (TPSA) is 59.1 Å². The van der Waals surface area contributed by atoms with E-state index in [0.717, 1.165) is 0 Å². The van der Waals surface area contributed by atoms with Crippen LogP contribution in [0.15, 0.2) is 33.2 Å². The summed E-state index contributed by atoms with van der Waals surface area (Å²) in [5, 5.41) is 0.0820. The molecule has 0 spiro atoms. The van der Waals surface area contributed by atoms with Gasteiger partial charge in [-0.15, -0.1) is 0 Å². The van der Waals surface area contributed by atoms with Gasteiger partial charge in [0.1, 0.15) is 10.0 Å². The Balaban J connectivity index is 3.07. The van der Waals surface area contributed by atoms with Crippen molar-refractivity contribution in [1.82, 2.24) is 9.71 Å². The fourth-order valence-electron chi connectivity index (χ4n) is 0.844. The molecule has 0 radical (unpaired) electrons. The summed E-state index contributed by atoms with van der Waals surface area (Å²) in [4.78, 5) is 3.61. The maximum Gasteiger partial charge on any atom is 0.244 e. The molecule has 4 nitrogen and oxygen atoms in total. The van der Waals surface area contributed by atoms with Crippen molar-refractivity contribution in [2.45, 2.75) is 4.90 Å². The zero-order valence-electron chi connectivity index (χ0n) is 7.87. The van der Waals surface area contributed by atoms with Gasteiger partial charge in [0.25, 0.3) is 0 Å². The van der Waals surface area contributed by atoms with Crippen LogP contribution in [0, 0.1) is 0 Å². The van der Waals surface area contributed by atoms with Gasteiger partial charge in [0.05, 0.1) is 0 Å². The van der Waals surface area contributed by atoms with Gasteiger partial charge >= 0.3 is 0 Å². The van der Waals surface area contributed by atoms with Crippen LogP contribution in [0.4, 0.5) is 0 Å². The minimum absolute atomic E-state index is 0.0628. The van der Waals surface area contributed by atoms with E-state index in [1.54, 1.807) is 0 Å². The van der Waals surface area contributed by atoms with Gasteiger partial charge < -0.3 is 0 Å². The highest BCUT2D eigenvalue weighted by Gasteiger charge is 2.18. The molecule has 0 atom stereocenters. The van der Waals surface area contributed by atoms with Gasteiger partial charge in [-0.1, -0.05) is 29.8 Å². The van der Waals surface area contributed by atoms with Crippen LogP contribution in [0.2, 0.25) is 5.15 Å². The quantitative estimate of drug-likeness (QED) is 0.853. The summed E-state index contributed by atoms with van der Waals surface area (Å²) in [5.41, 5.74) is 0. The van der Waals surface area contributed by atoms with Crippen LogP contribution in [0.25, 0.3) is 0 Å². The lowest BCUT2D eigenvalue weighted by Crippen LogP contribution is -2.25. The highest BCUT2D eigenvalue weighted by atomic mass is 79.9. The lowest BCUT2D eigenvalue weighted by atomic mass is 10.5. The van der Waals surface area contributed by atoms with E-state index >= 15 is 0 Å². The summed E-state index contributed by atoms with van der Waals surface area (Å²) in [5.74, 6) is 0. The Morgan fingerprint density at radius 3 is 2.81 bits per heavy atom. The summed E-state index contributed by atoms with van der Waals surface area (Å²) in [6.45, 7) is 3.31. The molecule has 0 aliphatic carbocycles. The van der Waals surface area contributed by atoms with Crippen molar-refractivity contribution in [2.24, 2.45) is 0 Å². The number of hydrogen-bond acceptors (Lipinski definition) is 3. The van der Waals surface area contributed by atoms with E-state index in [2.05, 4.69) is 32.2 Å². The molecule has 0 amide bonds. The molecule has 0 fully saturated rings. The van der Waals surface area contributed by atoms with Gasteiger partial charge in [0.2, 0.25) is 10.0 Å². The average Bonchev–Trinajstić information content (AvgIpc) is 2.19. The molecule has 1 aromatic heterocycles. The molecule has 0 unspecified atom stereocenters. The zero-order chi connectivity index (χ0) is 12.3. The Morgan fingerprint density at radius 2 is 2.25 bits per heavy atom. The molecule has 0 saturated carbocycles. The molecule has 0 aromatic carbocycles. The first kappa shape index (κ1) is 13.9. The minimum atomic E-state index is -3.73. The number of nitrogens with one attached hydrogen (secondary N) is 1. The summed E-state index contributed by atoms with van der Waals surface area (Å²) in [6.07, 6.45) is 1.40. The number of sulfonamides is 1. The van der Waals surface area contributed by atoms with Crippen LogP contribution in [-0.4, -0.2) is 19.9 Å². The maximum atomic E-state index is 11.8. The monoisotopic (exact) mass is 344 g/mol. The molecule has 1 heterocycles. The van der Waals surface area contributed by atoms with Gasteiger partial charge in [-0.25, -0.2) is 18.1 Å². The molecule has 8 heteroatoms. The first-order valence-corrected chi connectivity index (χ1v) is 7.00. The van der Waals surface area contributed by atoms with Gasteiger partial charge in [-0.05, 0) is 22.0 Å². The second-order valence-electron chi connectivity index (χ2n) is 2.78. The molecular formula is C8H7BrCl2N2O2S. The standard InChI is InChI=1S/C8H7BrCl2N2O2S/c1-5(10)3-13-16(14,15)7-2-6(9)4-12-8(7)11/h2,4,13H,1,3H2. The second kappa shape index (κ2) is 5.46. The number of pyridine rings is 1. The molecule has 0 aliphatic heterocycles. The third kappa shape index (κ3) is 3.71. The van der Waals surface area contributed by atoms with Crippen molar-refractivity contribution in [3.8, 4) is 0 Å². The van der Waals surface area contributed by atoms with E-state index in [1.165, 1.54) is 12.3 Å². The van der Waals surface area contributed by atoms with E-state index in [9.17, 15) is 8.42 Å². The molecule has 1 N–H and O–H groups in total. The molecular weight excluding hydrogens is 339 g/mol. The Labute approximate surface area is 112 Å². The molecule has 16 heavy (non-hydrogen) atoms. The fraction of sp³-hybridized carbons (Fsp3) is 0.125. The summed E-state index contributed by atoms with van der Waals surface area (Å²) in [7, 11) is -3.73. The minimum Gasteiger partial charge on any atom is -0.242 e. The molecule has 0 saturated heterocycles.